The lowest BCUT2D eigenvalue weighted by molar-refractivity contribution is -0.147. The topological polar surface area (TPSA) is 31.0 Å². The second-order valence-electron chi connectivity index (χ2n) is 4.34. The molecule has 2 aliphatic heterocycles. The van der Waals surface area contributed by atoms with Crippen molar-refractivity contribution in [1.29, 1.82) is 0 Å². The van der Waals surface area contributed by atoms with Gasteiger partial charge in [0.1, 0.15) is 0 Å². The first-order valence-corrected chi connectivity index (χ1v) is 5.67. The van der Waals surface area contributed by atoms with Gasteiger partial charge in [-0.1, -0.05) is 6.92 Å². The molecule has 0 aliphatic carbocycles. The second-order valence-corrected chi connectivity index (χ2v) is 4.34. The van der Waals surface area contributed by atoms with E-state index in [0.29, 0.717) is 12.2 Å². The summed E-state index contributed by atoms with van der Waals surface area (Å²) in [5, 5.41) is 0. The molecular weight excluding hydrogens is 180 g/mol. The minimum atomic E-state index is -0.309. The largest absolute Gasteiger partial charge is 0.370 e. The van der Waals surface area contributed by atoms with Crippen LogP contribution < -0.4 is 0 Å². The van der Waals surface area contributed by atoms with E-state index >= 15 is 0 Å². The van der Waals surface area contributed by atoms with Crippen molar-refractivity contribution in [3.63, 3.8) is 0 Å². The van der Waals surface area contributed by atoms with Crippen molar-refractivity contribution in [3.8, 4) is 0 Å². The zero-order chi connectivity index (χ0) is 10.0. The average molecular weight is 200 g/mol. The lowest BCUT2D eigenvalue weighted by Crippen LogP contribution is -2.25. The molecule has 0 aromatic rings. The third-order valence-corrected chi connectivity index (χ3v) is 3.11. The first-order valence-electron chi connectivity index (χ1n) is 5.67. The van der Waals surface area contributed by atoms with Crippen LogP contribution in [0.2, 0.25) is 0 Å². The van der Waals surface area contributed by atoms with Gasteiger partial charge in [0.15, 0.2) is 5.79 Å². The van der Waals surface area contributed by atoms with Gasteiger partial charge in [-0.25, -0.2) is 0 Å². The minimum Gasteiger partial charge on any atom is -0.370 e. The van der Waals surface area contributed by atoms with Crippen LogP contribution in [0.3, 0.4) is 0 Å². The maximum atomic E-state index is 5.53. The summed E-state index contributed by atoms with van der Waals surface area (Å²) < 4.78 is 16.5. The van der Waals surface area contributed by atoms with Crippen molar-refractivity contribution in [1.82, 2.24) is 0 Å². The van der Waals surface area contributed by atoms with Crippen LogP contribution in [-0.4, -0.2) is 31.2 Å². The summed E-state index contributed by atoms with van der Waals surface area (Å²) in [5.41, 5.74) is 0. The number of rotatable bonds is 5. The fourth-order valence-electron chi connectivity index (χ4n) is 2.12. The average Bonchev–Trinajstić information content (AvgIpc) is 2.80. The summed E-state index contributed by atoms with van der Waals surface area (Å²) in [6.45, 7) is 5.70. The van der Waals surface area contributed by atoms with Gasteiger partial charge in [-0.3, -0.25) is 0 Å². The molecule has 0 aromatic heterocycles. The molecule has 2 unspecified atom stereocenters. The van der Waals surface area contributed by atoms with E-state index in [9.17, 15) is 0 Å². The molecule has 0 amide bonds. The molecule has 14 heavy (non-hydrogen) atoms. The third-order valence-electron chi connectivity index (χ3n) is 3.11. The Bertz CT molecular complexity index is 187. The van der Waals surface area contributed by atoms with E-state index in [1.54, 1.807) is 0 Å². The summed E-state index contributed by atoms with van der Waals surface area (Å²) in [7, 11) is 0. The molecule has 3 heteroatoms. The van der Waals surface area contributed by atoms with Crippen molar-refractivity contribution < 1.29 is 14.2 Å². The van der Waals surface area contributed by atoms with Crippen molar-refractivity contribution in [2.24, 2.45) is 0 Å². The van der Waals surface area contributed by atoms with E-state index in [-0.39, 0.29) is 5.79 Å². The lowest BCUT2D eigenvalue weighted by atomic mass is 10.1. The molecule has 0 bridgehead atoms. The number of hydrogen-bond donors (Lipinski definition) is 0. The van der Waals surface area contributed by atoms with Crippen LogP contribution in [0, 0.1) is 0 Å². The second kappa shape index (κ2) is 4.17. The van der Waals surface area contributed by atoms with Gasteiger partial charge in [0.2, 0.25) is 0 Å². The van der Waals surface area contributed by atoms with Crippen LogP contribution in [0.4, 0.5) is 0 Å². The third kappa shape index (κ3) is 2.47. The summed E-state index contributed by atoms with van der Waals surface area (Å²) in [4.78, 5) is 0. The smallest absolute Gasteiger partial charge is 0.165 e. The first-order chi connectivity index (χ1) is 6.73. The quantitative estimate of drug-likeness (QED) is 0.637. The van der Waals surface area contributed by atoms with Crippen LogP contribution in [0.5, 0.6) is 0 Å². The zero-order valence-corrected chi connectivity index (χ0v) is 9.12. The molecule has 2 atom stereocenters. The van der Waals surface area contributed by atoms with E-state index in [1.807, 2.05) is 6.92 Å². The predicted molar refractivity (Wildman–Crippen MR) is 53.1 cm³/mol. The van der Waals surface area contributed by atoms with E-state index in [2.05, 4.69) is 6.92 Å². The Labute approximate surface area is 85.7 Å². The fourth-order valence-corrected chi connectivity index (χ4v) is 2.12. The van der Waals surface area contributed by atoms with Gasteiger partial charge in [-0.2, -0.15) is 0 Å². The maximum absolute atomic E-state index is 5.53. The molecule has 0 spiro atoms. The monoisotopic (exact) mass is 200 g/mol. The van der Waals surface area contributed by atoms with Crippen LogP contribution >= 0.6 is 0 Å². The maximum Gasteiger partial charge on any atom is 0.165 e. The molecule has 2 rings (SSSR count). The van der Waals surface area contributed by atoms with Crippen molar-refractivity contribution in [2.75, 3.05) is 13.2 Å². The Morgan fingerprint density at radius 2 is 1.93 bits per heavy atom. The highest BCUT2D eigenvalue weighted by molar-refractivity contribution is 4.83. The van der Waals surface area contributed by atoms with Crippen molar-refractivity contribution in [2.45, 2.75) is 57.5 Å². The highest BCUT2D eigenvalue weighted by Crippen LogP contribution is 2.32. The number of epoxide rings is 1. The number of ether oxygens (including phenoxy) is 3. The van der Waals surface area contributed by atoms with Gasteiger partial charge in [0, 0.05) is 6.42 Å². The Kier molecular flexibility index (Phi) is 3.10. The summed E-state index contributed by atoms with van der Waals surface area (Å²) in [6.07, 6.45) is 5.48. The molecule has 0 aromatic carbocycles. The van der Waals surface area contributed by atoms with Crippen LogP contribution in [-0.2, 0) is 14.2 Å². The predicted octanol–water partition coefficient (Wildman–Crippen LogP) is 2.10. The Balaban J connectivity index is 1.59. The van der Waals surface area contributed by atoms with Crippen molar-refractivity contribution >= 4 is 0 Å². The Hall–Kier alpha value is -0.120. The highest BCUT2D eigenvalue weighted by atomic mass is 16.7. The molecule has 2 saturated heterocycles. The summed E-state index contributed by atoms with van der Waals surface area (Å²) in [5.74, 6) is -0.309. The molecule has 2 aliphatic rings. The SMILES string of the molecule is CCC1OC1CCCC1(C)OCCO1. The summed E-state index contributed by atoms with van der Waals surface area (Å²) in [6, 6.07) is 0. The van der Waals surface area contributed by atoms with E-state index < -0.39 is 0 Å². The van der Waals surface area contributed by atoms with Crippen LogP contribution in [0.25, 0.3) is 0 Å². The van der Waals surface area contributed by atoms with Gasteiger partial charge in [-0.15, -0.1) is 0 Å². The normalized spacial score (nSPS) is 34.7. The molecule has 2 fully saturated rings. The fraction of sp³-hybridized carbons (Fsp3) is 1.00. The summed E-state index contributed by atoms with van der Waals surface area (Å²) >= 11 is 0. The lowest BCUT2D eigenvalue weighted by Gasteiger charge is -2.21. The number of hydrogen-bond acceptors (Lipinski definition) is 3. The molecule has 0 radical (unpaired) electrons. The van der Waals surface area contributed by atoms with Crippen molar-refractivity contribution in [3.05, 3.63) is 0 Å². The van der Waals surface area contributed by atoms with Gasteiger partial charge < -0.3 is 14.2 Å². The minimum absolute atomic E-state index is 0.309. The van der Waals surface area contributed by atoms with E-state index in [4.69, 9.17) is 14.2 Å². The van der Waals surface area contributed by atoms with Gasteiger partial charge >= 0.3 is 0 Å². The van der Waals surface area contributed by atoms with E-state index in [1.165, 1.54) is 0 Å². The zero-order valence-electron chi connectivity index (χ0n) is 9.12. The molecule has 0 N–H and O–H groups in total. The molecule has 0 saturated carbocycles. The van der Waals surface area contributed by atoms with Gasteiger partial charge in [0.25, 0.3) is 0 Å². The van der Waals surface area contributed by atoms with Crippen LogP contribution in [0.15, 0.2) is 0 Å². The Morgan fingerprint density at radius 1 is 1.21 bits per heavy atom. The highest BCUT2D eigenvalue weighted by Gasteiger charge is 2.37. The standard InChI is InChI=1S/C11H20O3/c1-3-9-10(14-9)5-4-6-11(2)12-7-8-13-11/h9-10H,3-8H2,1-2H3. The molecule has 2 heterocycles. The molecule has 3 nitrogen and oxygen atoms in total. The van der Waals surface area contributed by atoms with Gasteiger partial charge in [-0.05, 0) is 26.2 Å². The molecular formula is C11H20O3. The van der Waals surface area contributed by atoms with Crippen LogP contribution in [0.1, 0.15) is 39.5 Å². The molecule has 82 valence electrons. The van der Waals surface area contributed by atoms with E-state index in [0.717, 1.165) is 38.9 Å². The Morgan fingerprint density at radius 3 is 2.50 bits per heavy atom. The first kappa shape index (κ1) is 10.4. The van der Waals surface area contributed by atoms with Gasteiger partial charge in [0.05, 0.1) is 25.4 Å².